The Bertz CT molecular complexity index is 1040. The normalized spacial score (nSPS) is 10.9. The molecule has 0 spiro atoms. The summed E-state index contributed by atoms with van der Waals surface area (Å²) in [6.45, 7) is 0. The number of nitrogens with zero attached hydrogens (tertiary/aromatic N) is 1. The van der Waals surface area contributed by atoms with E-state index in [9.17, 15) is 0 Å². The zero-order valence-corrected chi connectivity index (χ0v) is 13.7. The summed E-state index contributed by atoms with van der Waals surface area (Å²) in [6.07, 6.45) is 4.22. The zero-order chi connectivity index (χ0) is 16.5. The number of benzene rings is 2. The van der Waals surface area contributed by atoms with Gasteiger partial charge in [-0.05, 0) is 46.8 Å². The van der Waals surface area contributed by atoms with Gasteiger partial charge < -0.3 is 9.47 Å². The van der Waals surface area contributed by atoms with Gasteiger partial charge in [0.25, 0.3) is 0 Å². The number of fused-ring (bicyclic) bond motifs is 2. The van der Waals surface area contributed by atoms with Crippen LogP contribution in [0.2, 0.25) is 0 Å². The fourth-order valence-electron chi connectivity index (χ4n) is 3.03. The van der Waals surface area contributed by atoms with Gasteiger partial charge in [-0.25, -0.2) is 0 Å². The Kier molecular flexibility index (Phi) is 3.54. The molecule has 4 rings (SSSR count). The van der Waals surface area contributed by atoms with E-state index >= 15 is 0 Å². The number of aromatic nitrogens is 1. The molecule has 0 N–H and O–H groups in total. The third kappa shape index (κ3) is 2.44. The number of hydrogen-bond donors (Lipinski definition) is 0. The molecule has 0 aliphatic heterocycles. The smallest absolute Gasteiger partial charge is 0.211 e. The maximum absolute atomic E-state index is 5.42. The molecule has 0 amide bonds. The van der Waals surface area contributed by atoms with Crippen LogP contribution in [0.4, 0.5) is 0 Å². The SMILES string of the molecule is COc1ccc(-c2ccc3c[n+]4ccccc4cc3c2)cc1OC. The number of methoxy groups -OCH3 is 2. The minimum atomic E-state index is 0.740. The lowest BCUT2D eigenvalue weighted by Crippen LogP contribution is -2.19. The highest BCUT2D eigenvalue weighted by Crippen LogP contribution is 2.33. The van der Waals surface area contributed by atoms with Gasteiger partial charge in [-0.2, -0.15) is 4.40 Å². The van der Waals surface area contributed by atoms with Crippen LogP contribution in [0, 0.1) is 0 Å². The van der Waals surface area contributed by atoms with E-state index in [1.54, 1.807) is 14.2 Å². The lowest BCUT2D eigenvalue weighted by atomic mass is 10.0. The van der Waals surface area contributed by atoms with Crippen molar-refractivity contribution >= 4 is 16.3 Å². The van der Waals surface area contributed by atoms with E-state index < -0.39 is 0 Å². The third-order valence-electron chi connectivity index (χ3n) is 4.31. The maximum Gasteiger partial charge on any atom is 0.211 e. The molecule has 118 valence electrons. The van der Waals surface area contributed by atoms with Crippen LogP contribution in [0.25, 0.3) is 27.4 Å². The molecule has 0 aliphatic carbocycles. The Morgan fingerprint density at radius 3 is 2.33 bits per heavy atom. The van der Waals surface area contributed by atoms with E-state index in [0.29, 0.717) is 0 Å². The summed E-state index contributed by atoms with van der Waals surface area (Å²) in [5, 5.41) is 2.43. The van der Waals surface area contributed by atoms with Gasteiger partial charge in [-0.15, -0.1) is 0 Å². The average molecular weight is 316 g/mol. The molecule has 2 heterocycles. The fraction of sp³-hybridized carbons (Fsp3) is 0.0952. The molecular formula is C21H18NO2+. The van der Waals surface area contributed by atoms with Crippen molar-refractivity contribution in [3.05, 3.63) is 73.1 Å². The number of pyridine rings is 2. The van der Waals surface area contributed by atoms with Gasteiger partial charge in [0.1, 0.15) is 0 Å². The van der Waals surface area contributed by atoms with Crippen LogP contribution in [0.1, 0.15) is 0 Å². The summed E-state index contributed by atoms with van der Waals surface area (Å²) in [5.41, 5.74) is 3.44. The van der Waals surface area contributed by atoms with Crippen LogP contribution in [-0.2, 0) is 0 Å². The van der Waals surface area contributed by atoms with Gasteiger partial charge in [0.15, 0.2) is 23.9 Å². The zero-order valence-electron chi connectivity index (χ0n) is 13.7. The molecule has 0 unspecified atom stereocenters. The first-order valence-corrected chi connectivity index (χ1v) is 7.85. The summed E-state index contributed by atoms with van der Waals surface area (Å²) in [4.78, 5) is 0. The standard InChI is InChI=1S/C21H18NO2/c1-23-20-9-8-16(13-21(20)24-2)15-6-7-17-14-22-10-4-3-5-19(22)12-18(17)11-15/h3-14H,1-2H3/q+1. The first kappa shape index (κ1) is 14.5. The molecule has 3 nitrogen and oxygen atoms in total. The van der Waals surface area contributed by atoms with Crippen molar-refractivity contribution in [2.45, 2.75) is 0 Å². The molecule has 2 aromatic heterocycles. The van der Waals surface area contributed by atoms with Gasteiger partial charge in [0.2, 0.25) is 5.52 Å². The molecule has 0 bridgehead atoms. The van der Waals surface area contributed by atoms with Crippen molar-refractivity contribution < 1.29 is 13.9 Å². The largest absolute Gasteiger partial charge is 0.493 e. The van der Waals surface area contributed by atoms with Crippen LogP contribution >= 0.6 is 0 Å². The van der Waals surface area contributed by atoms with Gasteiger partial charge in [-0.1, -0.05) is 12.1 Å². The topological polar surface area (TPSA) is 22.6 Å². The predicted octanol–water partition coefficient (Wildman–Crippen LogP) is 4.26. The highest BCUT2D eigenvalue weighted by Gasteiger charge is 2.09. The Morgan fingerprint density at radius 2 is 1.50 bits per heavy atom. The molecule has 0 radical (unpaired) electrons. The number of rotatable bonds is 3. The molecule has 4 aromatic rings. The Balaban J connectivity index is 1.86. The summed E-state index contributed by atoms with van der Waals surface area (Å²) < 4.78 is 12.9. The number of ether oxygens (including phenoxy) is 2. The van der Waals surface area contributed by atoms with Crippen LogP contribution in [0.5, 0.6) is 11.5 Å². The van der Waals surface area contributed by atoms with E-state index in [1.807, 2.05) is 18.2 Å². The van der Waals surface area contributed by atoms with Gasteiger partial charge in [-0.3, -0.25) is 0 Å². The van der Waals surface area contributed by atoms with Crippen LogP contribution < -0.4 is 13.9 Å². The number of hydrogen-bond acceptors (Lipinski definition) is 2. The van der Waals surface area contributed by atoms with E-state index in [1.165, 1.54) is 16.3 Å². The average Bonchev–Trinajstić information content (AvgIpc) is 2.65. The summed E-state index contributed by atoms with van der Waals surface area (Å²) in [5.74, 6) is 1.48. The predicted molar refractivity (Wildman–Crippen MR) is 95.6 cm³/mol. The molecule has 0 aliphatic rings. The summed E-state index contributed by atoms with van der Waals surface area (Å²) in [7, 11) is 3.31. The van der Waals surface area contributed by atoms with Crippen molar-refractivity contribution in [2.75, 3.05) is 14.2 Å². The third-order valence-corrected chi connectivity index (χ3v) is 4.31. The van der Waals surface area contributed by atoms with E-state index in [2.05, 4.69) is 59.3 Å². The molecule has 0 saturated heterocycles. The Hall–Kier alpha value is -3.07. The minimum Gasteiger partial charge on any atom is -0.493 e. The Labute approximate surface area is 140 Å². The lowest BCUT2D eigenvalue weighted by Gasteiger charge is -2.10. The molecular weight excluding hydrogens is 298 g/mol. The molecule has 0 fully saturated rings. The highest BCUT2D eigenvalue weighted by atomic mass is 16.5. The van der Waals surface area contributed by atoms with Crippen molar-refractivity contribution in [1.82, 2.24) is 0 Å². The maximum atomic E-state index is 5.42. The van der Waals surface area contributed by atoms with Crippen molar-refractivity contribution in [3.63, 3.8) is 0 Å². The van der Waals surface area contributed by atoms with Crippen molar-refractivity contribution in [1.29, 1.82) is 0 Å². The summed E-state index contributed by atoms with van der Waals surface area (Å²) >= 11 is 0. The fourth-order valence-corrected chi connectivity index (χ4v) is 3.03. The quantitative estimate of drug-likeness (QED) is 0.416. The second kappa shape index (κ2) is 5.85. The molecule has 0 saturated carbocycles. The van der Waals surface area contributed by atoms with Gasteiger partial charge >= 0.3 is 0 Å². The first-order chi connectivity index (χ1) is 11.8. The van der Waals surface area contributed by atoms with Crippen LogP contribution in [0.15, 0.2) is 73.1 Å². The van der Waals surface area contributed by atoms with Crippen molar-refractivity contribution in [3.8, 4) is 22.6 Å². The molecule has 2 aromatic carbocycles. The van der Waals surface area contributed by atoms with Crippen LogP contribution in [0.3, 0.4) is 0 Å². The monoisotopic (exact) mass is 316 g/mol. The van der Waals surface area contributed by atoms with Gasteiger partial charge in [0.05, 0.1) is 14.2 Å². The van der Waals surface area contributed by atoms with E-state index in [0.717, 1.165) is 22.6 Å². The van der Waals surface area contributed by atoms with Crippen LogP contribution in [-0.4, -0.2) is 14.2 Å². The molecule has 3 heteroatoms. The summed E-state index contributed by atoms with van der Waals surface area (Å²) in [6, 6.07) is 20.9. The first-order valence-electron chi connectivity index (χ1n) is 7.85. The highest BCUT2D eigenvalue weighted by molar-refractivity contribution is 5.88. The Morgan fingerprint density at radius 1 is 0.708 bits per heavy atom. The van der Waals surface area contributed by atoms with E-state index in [-0.39, 0.29) is 0 Å². The second-order valence-corrected chi connectivity index (χ2v) is 5.72. The lowest BCUT2D eigenvalue weighted by molar-refractivity contribution is -0.510. The second-order valence-electron chi connectivity index (χ2n) is 5.72. The minimum absolute atomic E-state index is 0.740. The molecule has 24 heavy (non-hydrogen) atoms. The van der Waals surface area contributed by atoms with Gasteiger partial charge in [0, 0.05) is 23.6 Å². The van der Waals surface area contributed by atoms with E-state index in [4.69, 9.17) is 9.47 Å². The molecule has 0 atom stereocenters. The van der Waals surface area contributed by atoms with Crippen molar-refractivity contribution in [2.24, 2.45) is 0 Å².